The maximum atomic E-state index is 12.3. The number of carbonyl (C=O) groups is 1. The highest BCUT2D eigenvalue weighted by atomic mass is 16.2. The monoisotopic (exact) mass is 353 g/mol. The quantitative estimate of drug-likeness (QED) is 0.508. The molecule has 6 heteroatoms. The standard InChI is InChI=1S/C19H39N5O/c1-6-20-19(22(5)16-18(25)24(7-2)8-3)21-14-17(4)15-23-12-10-9-11-13-23/h17H,6-16H2,1-5H3,(H,20,21). The van der Waals surface area contributed by atoms with E-state index in [9.17, 15) is 4.79 Å². The van der Waals surface area contributed by atoms with Crippen LogP contribution in [0.1, 0.15) is 47.0 Å². The van der Waals surface area contributed by atoms with Crippen LogP contribution in [-0.2, 0) is 4.79 Å². The van der Waals surface area contributed by atoms with Crippen molar-refractivity contribution in [2.75, 3.05) is 59.4 Å². The molecule has 1 heterocycles. The molecule has 0 spiro atoms. The van der Waals surface area contributed by atoms with E-state index in [2.05, 4.69) is 24.1 Å². The summed E-state index contributed by atoms with van der Waals surface area (Å²) in [5.74, 6) is 1.51. The molecular formula is C19H39N5O. The van der Waals surface area contributed by atoms with Crippen LogP contribution in [-0.4, -0.2) is 86.0 Å². The normalized spacial score (nSPS) is 17.2. The molecule has 146 valence electrons. The van der Waals surface area contributed by atoms with Crippen LogP contribution in [0, 0.1) is 5.92 Å². The van der Waals surface area contributed by atoms with E-state index in [1.807, 2.05) is 30.7 Å². The highest BCUT2D eigenvalue weighted by Crippen LogP contribution is 2.11. The van der Waals surface area contributed by atoms with Gasteiger partial charge < -0.3 is 20.0 Å². The molecule has 6 nitrogen and oxygen atoms in total. The largest absolute Gasteiger partial charge is 0.357 e. The minimum Gasteiger partial charge on any atom is -0.357 e. The lowest BCUT2D eigenvalue weighted by molar-refractivity contribution is -0.131. The maximum absolute atomic E-state index is 12.3. The van der Waals surface area contributed by atoms with Crippen molar-refractivity contribution in [1.29, 1.82) is 0 Å². The van der Waals surface area contributed by atoms with Crippen molar-refractivity contribution < 1.29 is 4.79 Å². The van der Waals surface area contributed by atoms with Crippen molar-refractivity contribution in [3.63, 3.8) is 0 Å². The van der Waals surface area contributed by atoms with E-state index >= 15 is 0 Å². The fourth-order valence-electron chi connectivity index (χ4n) is 3.31. The summed E-state index contributed by atoms with van der Waals surface area (Å²) in [5.41, 5.74) is 0. The zero-order chi connectivity index (χ0) is 18.7. The first-order valence-electron chi connectivity index (χ1n) is 10.0. The second-order valence-corrected chi connectivity index (χ2v) is 7.08. The third kappa shape index (κ3) is 8.08. The van der Waals surface area contributed by atoms with Gasteiger partial charge in [0, 0.05) is 39.8 Å². The van der Waals surface area contributed by atoms with Crippen molar-refractivity contribution in [2.24, 2.45) is 10.9 Å². The molecule has 25 heavy (non-hydrogen) atoms. The second kappa shape index (κ2) is 12.1. The lowest BCUT2D eigenvalue weighted by Crippen LogP contribution is -2.46. The molecule has 0 aromatic carbocycles. The number of piperidine rings is 1. The van der Waals surface area contributed by atoms with Gasteiger partial charge in [-0.2, -0.15) is 0 Å². The zero-order valence-corrected chi connectivity index (χ0v) is 17.1. The Morgan fingerprint density at radius 1 is 1.16 bits per heavy atom. The van der Waals surface area contributed by atoms with Gasteiger partial charge in [-0.3, -0.25) is 9.79 Å². The van der Waals surface area contributed by atoms with Gasteiger partial charge >= 0.3 is 0 Å². The third-order valence-electron chi connectivity index (χ3n) is 4.76. The lowest BCUT2D eigenvalue weighted by Gasteiger charge is -2.29. The van der Waals surface area contributed by atoms with Gasteiger partial charge in [-0.1, -0.05) is 13.3 Å². The van der Waals surface area contributed by atoms with Crippen LogP contribution in [0.2, 0.25) is 0 Å². The molecule has 0 radical (unpaired) electrons. The minimum atomic E-state index is 0.152. The predicted octanol–water partition coefficient (Wildman–Crippen LogP) is 1.87. The zero-order valence-electron chi connectivity index (χ0n) is 17.1. The number of likely N-dealkylation sites (tertiary alicyclic amines) is 1. The highest BCUT2D eigenvalue weighted by Gasteiger charge is 2.16. The van der Waals surface area contributed by atoms with Crippen LogP contribution >= 0.6 is 0 Å². The molecule has 1 aliphatic rings. The molecular weight excluding hydrogens is 314 g/mol. The predicted molar refractivity (Wildman–Crippen MR) is 106 cm³/mol. The molecule has 1 rings (SSSR count). The summed E-state index contributed by atoms with van der Waals surface area (Å²) in [7, 11) is 1.94. The summed E-state index contributed by atoms with van der Waals surface area (Å²) in [6.45, 7) is 15.4. The topological polar surface area (TPSA) is 51.2 Å². The number of carbonyl (C=O) groups excluding carboxylic acids is 1. The van der Waals surface area contributed by atoms with E-state index in [4.69, 9.17) is 4.99 Å². The number of nitrogens with one attached hydrogen (secondary N) is 1. The minimum absolute atomic E-state index is 0.152. The molecule has 0 saturated carbocycles. The van der Waals surface area contributed by atoms with Crippen LogP contribution < -0.4 is 5.32 Å². The van der Waals surface area contributed by atoms with Gasteiger partial charge in [0.05, 0.1) is 6.54 Å². The average molecular weight is 354 g/mol. The van der Waals surface area contributed by atoms with Crippen molar-refractivity contribution in [3.8, 4) is 0 Å². The number of hydrogen-bond donors (Lipinski definition) is 1. The number of likely N-dealkylation sites (N-methyl/N-ethyl adjacent to an activating group) is 2. The Morgan fingerprint density at radius 3 is 2.36 bits per heavy atom. The molecule has 1 aliphatic heterocycles. The van der Waals surface area contributed by atoms with E-state index in [1.165, 1.54) is 32.4 Å². The van der Waals surface area contributed by atoms with Crippen LogP contribution in [0.15, 0.2) is 4.99 Å². The molecule has 1 fully saturated rings. The van der Waals surface area contributed by atoms with E-state index in [0.717, 1.165) is 38.7 Å². The van der Waals surface area contributed by atoms with Gasteiger partial charge in [-0.05, 0) is 52.6 Å². The molecule has 0 aromatic heterocycles. The summed E-state index contributed by atoms with van der Waals surface area (Å²) in [5, 5.41) is 3.31. The van der Waals surface area contributed by atoms with E-state index in [1.54, 1.807) is 0 Å². The summed E-state index contributed by atoms with van der Waals surface area (Å²) in [4.78, 5) is 23.5. The Morgan fingerprint density at radius 2 is 1.80 bits per heavy atom. The number of hydrogen-bond acceptors (Lipinski definition) is 3. The van der Waals surface area contributed by atoms with Crippen molar-refractivity contribution in [1.82, 2.24) is 20.0 Å². The highest BCUT2D eigenvalue weighted by molar-refractivity contribution is 5.86. The molecule has 0 bridgehead atoms. The van der Waals surface area contributed by atoms with Crippen molar-refractivity contribution >= 4 is 11.9 Å². The molecule has 1 saturated heterocycles. The number of nitrogens with zero attached hydrogens (tertiary/aromatic N) is 4. The maximum Gasteiger partial charge on any atom is 0.242 e. The van der Waals surface area contributed by atoms with E-state index in [-0.39, 0.29) is 5.91 Å². The van der Waals surface area contributed by atoms with Crippen molar-refractivity contribution in [2.45, 2.75) is 47.0 Å². The number of guanidine groups is 1. The third-order valence-corrected chi connectivity index (χ3v) is 4.76. The molecule has 0 aliphatic carbocycles. The van der Waals surface area contributed by atoms with Crippen LogP contribution in [0.5, 0.6) is 0 Å². The molecule has 1 unspecified atom stereocenters. The first kappa shape index (κ1) is 21.7. The van der Waals surface area contributed by atoms with Crippen LogP contribution in [0.4, 0.5) is 0 Å². The Labute approximate surface area is 154 Å². The second-order valence-electron chi connectivity index (χ2n) is 7.08. The Balaban J connectivity index is 2.54. The summed E-state index contributed by atoms with van der Waals surface area (Å²) < 4.78 is 0. The molecule has 1 N–H and O–H groups in total. The Hall–Kier alpha value is -1.30. The lowest BCUT2D eigenvalue weighted by atomic mass is 10.1. The van der Waals surface area contributed by atoms with Gasteiger partial charge in [0.1, 0.15) is 0 Å². The number of amides is 1. The fourth-order valence-corrected chi connectivity index (χ4v) is 3.31. The van der Waals surface area contributed by atoms with Gasteiger partial charge in [0.2, 0.25) is 5.91 Å². The fraction of sp³-hybridized carbons (Fsp3) is 0.895. The molecule has 0 aromatic rings. The van der Waals surface area contributed by atoms with Gasteiger partial charge in [-0.15, -0.1) is 0 Å². The smallest absolute Gasteiger partial charge is 0.242 e. The first-order valence-corrected chi connectivity index (χ1v) is 10.0. The van der Waals surface area contributed by atoms with Crippen LogP contribution in [0.25, 0.3) is 0 Å². The summed E-state index contributed by atoms with van der Waals surface area (Å²) in [6.07, 6.45) is 4.03. The Kier molecular flexibility index (Phi) is 10.5. The summed E-state index contributed by atoms with van der Waals surface area (Å²) in [6, 6.07) is 0. The van der Waals surface area contributed by atoms with E-state index in [0.29, 0.717) is 12.5 Å². The number of rotatable bonds is 9. The van der Waals surface area contributed by atoms with Crippen LogP contribution in [0.3, 0.4) is 0 Å². The average Bonchev–Trinajstić information content (AvgIpc) is 2.60. The number of aliphatic imine (C=N–C) groups is 1. The van der Waals surface area contributed by atoms with Gasteiger partial charge in [0.15, 0.2) is 5.96 Å². The molecule has 1 atom stereocenters. The van der Waals surface area contributed by atoms with Gasteiger partial charge in [-0.25, -0.2) is 0 Å². The first-order chi connectivity index (χ1) is 12.0. The SMILES string of the molecule is CCNC(=NCC(C)CN1CCCCC1)N(C)CC(=O)N(CC)CC. The van der Waals surface area contributed by atoms with Crippen molar-refractivity contribution in [3.05, 3.63) is 0 Å². The Bertz CT molecular complexity index is 403. The van der Waals surface area contributed by atoms with Gasteiger partial charge in [0.25, 0.3) is 0 Å². The summed E-state index contributed by atoms with van der Waals surface area (Å²) >= 11 is 0. The van der Waals surface area contributed by atoms with E-state index < -0.39 is 0 Å². The molecule has 1 amide bonds.